The van der Waals surface area contributed by atoms with E-state index in [-0.39, 0.29) is 0 Å². The molecule has 0 saturated heterocycles. The van der Waals surface area contributed by atoms with Gasteiger partial charge in [0, 0.05) is 5.71 Å². The smallest absolute Gasteiger partial charge is 0.172 e. The molecule has 0 bridgehead atoms. The Morgan fingerprint density at radius 1 is 0.762 bits per heavy atom. The van der Waals surface area contributed by atoms with E-state index in [1.54, 1.807) is 0 Å². The van der Waals surface area contributed by atoms with Crippen molar-refractivity contribution in [2.45, 2.75) is 64.1 Å². The minimum Gasteiger partial charge on any atom is -0.326 e. The van der Waals surface area contributed by atoms with Crippen LogP contribution in [0.4, 0.5) is 0 Å². The van der Waals surface area contributed by atoms with Crippen molar-refractivity contribution in [2.24, 2.45) is 4.66 Å². The highest BCUT2D eigenvalue weighted by atomic mass is 28.4. The molecule has 1 aromatic carbocycles. The van der Waals surface area contributed by atoms with Crippen LogP contribution in [0, 0.1) is 0 Å². The normalized spacial score (nSPS) is 14.7. The highest BCUT2D eigenvalue weighted by Crippen LogP contribution is 2.36. The molecule has 0 amide bonds. The van der Waals surface area contributed by atoms with Gasteiger partial charge in [0.25, 0.3) is 0 Å². The Morgan fingerprint density at radius 2 is 1.19 bits per heavy atom. The van der Waals surface area contributed by atoms with E-state index in [2.05, 4.69) is 89.3 Å². The minimum absolute atomic E-state index is 0.708. The lowest BCUT2D eigenvalue weighted by atomic mass is 10.1. The molecular weight excluding hydrogens is 302 g/mol. The van der Waals surface area contributed by atoms with Gasteiger partial charge in [0.15, 0.2) is 8.24 Å². The molecule has 0 atom stereocenters. The average Bonchev–Trinajstić information content (AvgIpc) is 2.23. The maximum atomic E-state index is 5.34. The van der Waals surface area contributed by atoms with E-state index in [1.165, 1.54) is 11.3 Å². The van der Waals surface area contributed by atoms with Crippen LogP contribution in [0.5, 0.6) is 0 Å². The van der Waals surface area contributed by atoms with E-state index in [0.29, 0.717) is 5.16 Å². The summed E-state index contributed by atoms with van der Waals surface area (Å²) in [4.78, 5) is 0. The van der Waals surface area contributed by atoms with Gasteiger partial charge in [-0.3, -0.25) is 0 Å². The predicted octanol–water partition coefficient (Wildman–Crippen LogP) is 5.90. The van der Waals surface area contributed by atoms with E-state index in [0.717, 1.165) is 0 Å². The first-order valence-corrected chi connectivity index (χ1v) is 18.6. The van der Waals surface area contributed by atoms with Crippen LogP contribution in [0.1, 0.15) is 5.56 Å². The SMILES string of the molecule is C[Si](C)(C)N=C(c1ccccc1)C([Si](C)(C)C)[Si](C)(C)C. The Kier molecular flexibility index (Phi) is 5.62. The zero-order chi connectivity index (χ0) is 16.5. The zero-order valence-electron chi connectivity index (χ0n) is 15.4. The van der Waals surface area contributed by atoms with Gasteiger partial charge >= 0.3 is 0 Å². The zero-order valence-corrected chi connectivity index (χ0v) is 18.4. The molecule has 1 nitrogen and oxygen atoms in total. The quantitative estimate of drug-likeness (QED) is 0.469. The standard InChI is InChI=1S/C17H33NSi3/c1-19(2,3)17(20(4,5)6)16(18-21(7,8)9)15-13-11-10-12-14-15/h10-14,17H,1-9H3. The first kappa shape index (κ1) is 18.6. The third-order valence-electron chi connectivity index (χ3n) is 3.53. The number of hydrogen-bond acceptors (Lipinski definition) is 1. The minimum atomic E-state index is -1.49. The molecule has 0 unspecified atom stereocenters. The van der Waals surface area contributed by atoms with E-state index >= 15 is 0 Å². The summed E-state index contributed by atoms with van der Waals surface area (Å²) >= 11 is 0. The average molecular weight is 336 g/mol. The molecule has 0 spiro atoms. The molecule has 0 aliphatic rings. The van der Waals surface area contributed by atoms with Crippen molar-refractivity contribution in [3.8, 4) is 0 Å². The van der Waals surface area contributed by atoms with Crippen LogP contribution in [-0.4, -0.2) is 30.1 Å². The Morgan fingerprint density at radius 3 is 1.52 bits per heavy atom. The number of nitrogens with zero attached hydrogens (tertiary/aromatic N) is 1. The van der Waals surface area contributed by atoms with Gasteiger partial charge in [0.05, 0.1) is 16.1 Å². The molecule has 21 heavy (non-hydrogen) atoms. The van der Waals surface area contributed by atoms with Gasteiger partial charge in [-0.05, 0) is 30.4 Å². The van der Waals surface area contributed by atoms with Crippen molar-refractivity contribution in [1.82, 2.24) is 0 Å². The van der Waals surface area contributed by atoms with Crippen LogP contribution < -0.4 is 0 Å². The summed E-state index contributed by atoms with van der Waals surface area (Å²) in [6.45, 7) is 22.1. The molecule has 0 heterocycles. The molecule has 1 aromatic rings. The molecule has 1 rings (SSSR count). The van der Waals surface area contributed by atoms with E-state index in [1.807, 2.05) is 0 Å². The topological polar surface area (TPSA) is 12.4 Å². The highest BCUT2D eigenvalue weighted by molar-refractivity contribution is 7.01. The van der Waals surface area contributed by atoms with Crippen molar-refractivity contribution < 1.29 is 0 Å². The van der Waals surface area contributed by atoms with Crippen LogP contribution in [0.2, 0.25) is 64.1 Å². The van der Waals surface area contributed by atoms with Crippen LogP contribution >= 0.6 is 0 Å². The predicted molar refractivity (Wildman–Crippen MR) is 107 cm³/mol. The Balaban J connectivity index is 3.53. The van der Waals surface area contributed by atoms with Gasteiger partial charge in [-0.25, -0.2) is 0 Å². The molecule has 0 fully saturated rings. The maximum absolute atomic E-state index is 5.34. The first-order valence-electron chi connectivity index (χ1n) is 7.97. The summed E-state index contributed by atoms with van der Waals surface area (Å²) in [5, 5.41) is 0.708. The fraction of sp³-hybridized carbons (Fsp3) is 0.588. The molecule has 0 radical (unpaired) electrons. The largest absolute Gasteiger partial charge is 0.326 e. The van der Waals surface area contributed by atoms with Crippen molar-refractivity contribution in [3.63, 3.8) is 0 Å². The molecule has 0 aliphatic carbocycles. The second-order valence-corrected chi connectivity index (χ2v) is 25.0. The number of hydrogen-bond donors (Lipinski definition) is 0. The van der Waals surface area contributed by atoms with Crippen LogP contribution in [0.3, 0.4) is 0 Å². The summed E-state index contributed by atoms with van der Waals surface area (Å²) in [7, 11) is -4.12. The first-order chi connectivity index (χ1) is 9.32. The van der Waals surface area contributed by atoms with Crippen LogP contribution in [0.25, 0.3) is 0 Å². The molecule has 0 N–H and O–H groups in total. The van der Waals surface area contributed by atoms with E-state index in [9.17, 15) is 0 Å². The summed E-state index contributed by atoms with van der Waals surface area (Å²) in [6, 6.07) is 10.9. The third-order valence-corrected chi connectivity index (χ3v) is 13.6. The fourth-order valence-electron chi connectivity index (χ4n) is 3.39. The second kappa shape index (κ2) is 6.34. The van der Waals surface area contributed by atoms with Gasteiger partial charge in [-0.1, -0.05) is 69.6 Å². The van der Waals surface area contributed by atoms with Gasteiger partial charge in [-0.2, -0.15) is 0 Å². The summed E-state index contributed by atoms with van der Waals surface area (Å²) in [6.07, 6.45) is 0. The monoisotopic (exact) mass is 335 g/mol. The van der Waals surface area contributed by atoms with Crippen LogP contribution in [-0.2, 0) is 0 Å². The third kappa shape index (κ3) is 5.68. The number of benzene rings is 1. The molecule has 0 saturated carbocycles. The van der Waals surface area contributed by atoms with Crippen molar-refractivity contribution >= 4 is 30.1 Å². The fourth-order valence-corrected chi connectivity index (χ4v) is 17.1. The highest BCUT2D eigenvalue weighted by Gasteiger charge is 2.41. The Hall–Kier alpha value is -0.459. The molecule has 0 aliphatic heterocycles. The lowest BCUT2D eigenvalue weighted by Gasteiger charge is -2.40. The Bertz CT molecular complexity index is 473. The van der Waals surface area contributed by atoms with E-state index < -0.39 is 24.4 Å². The van der Waals surface area contributed by atoms with Crippen LogP contribution in [0.15, 0.2) is 35.0 Å². The maximum Gasteiger partial charge on any atom is 0.172 e. The van der Waals surface area contributed by atoms with Gasteiger partial charge in [-0.15, -0.1) is 0 Å². The molecule has 4 heteroatoms. The van der Waals surface area contributed by atoms with Crippen molar-refractivity contribution in [2.75, 3.05) is 0 Å². The lowest BCUT2D eigenvalue weighted by Crippen LogP contribution is -2.49. The van der Waals surface area contributed by atoms with Gasteiger partial charge in [0.2, 0.25) is 0 Å². The summed E-state index contributed by atoms with van der Waals surface area (Å²) in [5.74, 6) is 0. The summed E-state index contributed by atoms with van der Waals surface area (Å²) in [5.41, 5.74) is 2.78. The second-order valence-electron chi connectivity index (χ2n) is 9.20. The van der Waals surface area contributed by atoms with Crippen molar-refractivity contribution in [1.29, 1.82) is 0 Å². The van der Waals surface area contributed by atoms with Gasteiger partial charge < -0.3 is 4.66 Å². The molecule has 0 aromatic heterocycles. The summed E-state index contributed by atoms with van der Waals surface area (Å²) < 4.78 is 5.34. The van der Waals surface area contributed by atoms with Crippen molar-refractivity contribution in [3.05, 3.63) is 35.9 Å². The molecular formula is C17H33NSi3. The van der Waals surface area contributed by atoms with Gasteiger partial charge in [0.1, 0.15) is 0 Å². The molecule has 118 valence electrons. The lowest BCUT2D eigenvalue weighted by molar-refractivity contribution is 1.33. The Labute approximate surface area is 135 Å². The van der Waals surface area contributed by atoms with E-state index in [4.69, 9.17) is 4.66 Å². The number of rotatable bonds is 5.